The number of methoxy groups -OCH3 is 2. The van der Waals surface area contributed by atoms with E-state index in [1.54, 1.807) is 50.2 Å². The summed E-state index contributed by atoms with van der Waals surface area (Å²) in [6.07, 6.45) is 0. The summed E-state index contributed by atoms with van der Waals surface area (Å²) >= 11 is 0. The topological polar surface area (TPSA) is 239 Å². The van der Waals surface area contributed by atoms with Crippen molar-refractivity contribution in [3.8, 4) is 17.2 Å². The average molecular weight is 840 g/mol. The molecule has 20 heteroatoms. The zero-order valence-electron chi connectivity index (χ0n) is 32.0. The average Bonchev–Trinajstić information content (AvgIpc) is 3.16. The van der Waals surface area contributed by atoms with E-state index in [0.717, 1.165) is 23.9 Å². The van der Waals surface area contributed by atoms with Crippen LogP contribution in [0.3, 0.4) is 0 Å². The van der Waals surface area contributed by atoms with E-state index < -0.39 is 30.9 Å². The molecule has 0 spiro atoms. The summed E-state index contributed by atoms with van der Waals surface area (Å²) in [7, 11) is -6.65. The van der Waals surface area contributed by atoms with Crippen molar-refractivity contribution in [3.05, 3.63) is 114 Å². The molecule has 0 amide bonds. The van der Waals surface area contributed by atoms with Gasteiger partial charge in [0.1, 0.15) is 43.6 Å². The monoisotopic (exact) mass is 839 g/mol. The molecule has 16 nitrogen and oxygen atoms in total. The first-order valence-electron chi connectivity index (χ1n) is 16.4. The Morgan fingerprint density at radius 2 is 1.14 bits per heavy atom. The van der Waals surface area contributed by atoms with Gasteiger partial charge >= 0.3 is 59.1 Å². The molecular weight excluding hydrogens is 809 g/mol. The van der Waals surface area contributed by atoms with Crippen molar-refractivity contribution in [3.63, 3.8) is 0 Å². The fraction of sp³-hybridized carbons (Fsp3) is 0.105. The number of fused-ring (bicyclic) bond motifs is 1. The summed E-state index contributed by atoms with van der Waals surface area (Å²) in [5.74, 6) is -0.0989. The Morgan fingerprint density at radius 1 is 0.603 bits per heavy atom. The molecule has 0 radical (unpaired) electrons. The van der Waals surface area contributed by atoms with E-state index in [1.807, 2.05) is 30.3 Å². The van der Waals surface area contributed by atoms with Gasteiger partial charge in [-0.15, -0.1) is 15.3 Å². The van der Waals surface area contributed by atoms with E-state index in [-0.39, 0.29) is 91.9 Å². The summed E-state index contributed by atoms with van der Waals surface area (Å²) in [4.78, 5) is -1.09. The van der Waals surface area contributed by atoms with Gasteiger partial charge in [0.05, 0.1) is 36.2 Å². The van der Waals surface area contributed by atoms with Gasteiger partial charge in [-0.1, -0.05) is 30.0 Å². The normalized spacial score (nSPS) is 11.8. The van der Waals surface area contributed by atoms with E-state index in [2.05, 4.69) is 36.0 Å². The second-order valence-electron chi connectivity index (χ2n) is 12.1. The molecule has 2 N–H and O–H groups in total. The van der Waals surface area contributed by atoms with E-state index >= 15 is 0 Å². The molecule has 0 bridgehead atoms. The molecule has 0 aliphatic heterocycles. The number of nitrogens with one attached hydrogen (secondary N) is 1. The third-order valence-electron chi connectivity index (χ3n) is 8.29. The Labute approximate surface area is 378 Å². The van der Waals surface area contributed by atoms with Crippen molar-refractivity contribution in [2.45, 2.75) is 23.6 Å². The van der Waals surface area contributed by atoms with Crippen LogP contribution in [0, 0.1) is 13.8 Å². The molecular formula is C38H31N7Na2O9S2. The van der Waals surface area contributed by atoms with Gasteiger partial charge in [-0.3, -0.25) is 4.55 Å². The molecule has 6 aromatic rings. The number of para-hydroxylation sites is 1. The zero-order chi connectivity index (χ0) is 40.2. The first kappa shape index (κ1) is 46.1. The minimum Gasteiger partial charge on any atom is -0.872 e. The van der Waals surface area contributed by atoms with Crippen LogP contribution in [0.15, 0.2) is 144 Å². The van der Waals surface area contributed by atoms with Crippen LogP contribution >= 0.6 is 0 Å². The summed E-state index contributed by atoms with van der Waals surface area (Å²) in [6.45, 7) is 3.51. The molecule has 6 aromatic carbocycles. The Hall–Kier alpha value is -4.60. The molecule has 0 heterocycles. The standard InChI is InChI=1S/C38H33N7O9S2.2Na/c1-22-16-32(35(53-3)19-30(22)41-40-25-10-13-27(14-11-25)55(47,48)49)43-42-31-20-36(54-4)33(17-23(31)2)44-45-38-29-18-26(39-24-8-6-5-7-9-24)12-15-28(29)34(46)21-37(38)56(50,51)52;;/h5-21,39,46H,1-4H3,(H,47,48,49)(H,50,51,52);;/q;2*+1/p-2. The second-order valence-corrected chi connectivity index (χ2v) is 14.9. The van der Waals surface area contributed by atoms with Crippen LogP contribution in [0.5, 0.6) is 17.2 Å². The number of anilines is 2. The van der Waals surface area contributed by atoms with Gasteiger partial charge in [0.15, 0.2) is 0 Å². The van der Waals surface area contributed by atoms with E-state index in [0.29, 0.717) is 45.3 Å². The van der Waals surface area contributed by atoms with Gasteiger partial charge in [0.25, 0.3) is 10.1 Å². The molecule has 6 rings (SSSR count). The predicted molar refractivity (Wildman–Crippen MR) is 205 cm³/mol. The van der Waals surface area contributed by atoms with Gasteiger partial charge in [-0.05, 0) is 97.1 Å². The maximum atomic E-state index is 12.9. The molecule has 58 heavy (non-hydrogen) atoms. The molecule has 0 atom stereocenters. The van der Waals surface area contributed by atoms with E-state index in [4.69, 9.17) is 9.47 Å². The molecule has 0 aliphatic carbocycles. The number of ether oxygens (including phenoxy) is 2. The fourth-order valence-corrected chi connectivity index (χ4v) is 6.56. The Balaban J connectivity index is 0.00000372. The Kier molecular flexibility index (Phi) is 15.4. The van der Waals surface area contributed by atoms with Crippen molar-refractivity contribution in [2.75, 3.05) is 19.5 Å². The van der Waals surface area contributed by atoms with Crippen molar-refractivity contribution in [2.24, 2.45) is 30.7 Å². The maximum absolute atomic E-state index is 12.9. The van der Waals surface area contributed by atoms with Gasteiger partial charge in [-0.25, -0.2) is 8.42 Å². The number of nitrogens with zero attached hydrogens (tertiary/aromatic N) is 6. The summed E-state index contributed by atoms with van der Waals surface area (Å²) in [5, 5.41) is 42.1. The molecule has 0 fully saturated rings. The molecule has 0 saturated heterocycles. The van der Waals surface area contributed by atoms with E-state index in [1.165, 1.54) is 32.4 Å². The van der Waals surface area contributed by atoms with Crippen LogP contribution in [0.25, 0.3) is 10.8 Å². The number of benzene rings is 6. The molecule has 0 aromatic heterocycles. The summed E-state index contributed by atoms with van der Waals surface area (Å²) in [6, 6.07) is 26.2. The number of hydrogen-bond acceptors (Lipinski definition) is 15. The minimum atomic E-state index is -4.90. The van der Waals surface area contributed by atoms with Crippen molar-refractivity contribution in [1.82, 2.24) is 0 Å². The van der Waals surface area contributed by atoms with Crippen LogP contribution in [-0.2, 0) is 20.2 Å². The predicted octanol–water partition coefficient (Wildman–Crippen LogP) is 3.70. The van der Waals surface area contributed by atoms with Crippen LogP contribution < -0.4 is 79.0 Å². The molecule has 0 aliphatic rings. The van der Waals surface area contributed by atoms with Gasteiger partial charge in [-0.2, -0.15) is 23.8 Å². The van der Waals surface area contributed by atoms with Crippen molar-refractivity contribution >= 4 is 76.5 Å². The summed E-state index contributed by atoms with van der Waals surface area (Å²) < 4.78 is 79.7. The first-order valence-corrected chi connectivity index (χ1v) is 19.2. The SMILES string of the molecule is COc1cc(N=Nc2ccc(S(=O)(=O)[O-])cc2)c(C)cc1N=Nc1cc(OC)c(N=Nc2c(S(=O)(=O)O)cc([O-])c3ccc(Nc4ccccc4)cc23)cc1C.[Na+].[Na+]. The third-order valence-corrected chi connectivity index (χ3v) is 10.0. The molecule has 0 unspecified atom stereocenters. The number of aryl methyl sites for hydroxylation is 2. The van der Waals surface area contributed by atoms with Gasteiger partial charge in [0, 0.05) is 28.9 Å². The van der Waals surface area contributed by atoms with Crippen LogP contribution in [0.4, 0.5) is 45.5 Å². The van der Waals surface area contributed by atoms with Crippen LogP contribution in [0.2, 0.25) is 0 Å². The largest absolute Gasteiger partial charge is 1.00 e. The zero-order valence-corrected chi connectivity index (χ0v) is 37.7. The van der Waals surface area contributed by atoms with Gasteiger partial charge < -0.3 is 24.4 Å². The summed E-state index contributed by atoms with van der Waals surface area (Å²) in [5.41, 5.74) is 3.99. The van der Waals surface area contributed by atoms with Crippen LogP contribution in [0.1, 0.15) is 11.1 Å². The molecule has 0 saturated carbocycles. The second kappa shape index (κ2) is 19.4. The Bertz CT molecular complexity index is 2790. The van der Waals surface area contributed by atoms with Crippen molar-refractivity contribution < 1.29 is 99.6 Å². The van der Waals surface area contributed by atoms with E-state index in [9.17, 15) is 31.0 Å². The Morgan fingerprint density at radius 3 is 1.67 bits per heavy atom. The maximum Gasteiger partial charge on any atom is 1.00 e. The first-order chi connectivity index (χ1) is 26.6. The van der Waals surface area contributed by atoms with Gasteiger partial charge in [0.2, 0.25) is 0 Å². The molecule has 286 valence electrons. The number of rotatable bonds is 12. The van der Waals surface area contributed by atoms with Crippen LogP contribution in [-0.4, -0.2) is 40.2 Å². The minimum absolute atomic E-state index is 0. The number of azo groups is 3. The van der Waals surface area contributed by atoms with Crippen molar-refractivity contribution in [1.29, 1.82) is 0 Å². The number of hydrogen-bond donors (Lipinski definition) is 2. The third kappa shape index (κ3) is 10.9. The fourth-order valence-electron chi connectivity index (χ4n) is 5.44. The smallest absolute Gasteiger partial charge is 0.872 e. The quantitative estimate of drug-likeness (QED) is 0.103.